The maximum absolute atomic E-state index is 14.1. The molecule has 0 aliphatic carbocycles. The van der Waals surface area contributed by atoms with Crippen molar-refractivity contribution >= 4 is 5.69 Å². The average Bonchev–Trinajstić information content (AvgIpc) is 2.94. The number of benzene rings is 1. The molecule has 1 aromatic heterocycles. The van der Waals surface area contributed by atoms with E-state index in [-0.39, 0.29) is 11.9 Å². The number of rotatable bonds is 7. The van der Waals surface area contributed by atoms with Crippen molar-refractivity contribution < 1.29 is 4.39 Å². The lowest BCUT2D eigenvalue weighted by molar-refractivity contribution is 0.548. The Kier molecular flexibility index (Phi) is 5.33. The molecular weight excluding hydrogens is 267 g/mol. The first-order valence-electron chi connectivity index (χ1n) is 7.44. The molecule has 2 rings (SSSR count). The summed E-state index contributed by atoms with van der Waals surface area (Å²) in [6.07, 6.45) is 4.67. The molecule has 1 heterocycles. The van der Waals surface area contributed by atoms with Crippen LogP contribution in [-0.2, 0) is 6.54 Å². The van der Waals surface area contributed by atoms with Crippen molar-refractivity contribution in [3.63, 3.8) is 0 Å². The molecule has 2 N–H and O–H groups in total. The van der Waals surface area contributed by atoms with Crippen LogP contribution >= 0.6 is 0 Å². The largest absolute Gasteiger partial charge is 0.360 e. The van der Waals surface area contributed by atoms with Gasteiger partial charge in [-0.3, -0.25) is 0 Å². The van der Waals surface area contributed by atoms with Gasteiger partial charge in [-0.05, 0) is 25.5 Å². The van der Waals surface area contributed by atoms with Crippen LogP contribution in [0.25, 0.3) is 0 Å². The van der Waals surface area contributed by atoms with E-state index in [1.807, 2.05) is 30.4 Å². The number of hydrogen-bond acceptors (Lipinski definition) is 3. The van der Waals surface area contributed by atoms with E-state index in [0.717, 1.165) is 18.7 Å². The summed E-state index contributed by atoms with van der Waals surface area (Å²) in [7, 11) is 0. The molecule has 1 atom stereocenters. The number of halogens is 1. The Bertz CT molecular complexity index is 567. The molecule has 0 bridgehead atoms. The number of hydrogen-bond donors (Lipinski definition) is 1. The van der Waals surface area contributed by atoms with Crippen molar-refractivity contribution in [2.24, 2.45) is 5.73 Å². The predicted molar refractivity (Wildman–Crippen MR) is 83.7 cm³/mol. The highest BCUT2D eigenvalue weighted by Gasteiger charge is 2.23. The van der Waals surface area contributed by atoms with Crippen molar-refractivity contribution in [1.29, 1.82) is 0 Å². The molecule has 114 valence electrons. The molecule has 4 nitrogen and oxygen atoms in total. The minimum absolute atomic E-state index is 0.0825. The second kappa shape index (κ2) is 7.22. The summed E-state index contributed by atoms with van der Waals surface area (Å²) >= 11 is 0. The van der Waals surface area contributed by atoms with Crippen molar-refractivity contribution in [3.8, 4) is 0 Å². The monoisotopic (exact) mass is 290 g/mol. The third-order valence-corrected chi connectivity index (χ3v) is 3.65. The van der Waals surface area contributed by atoms with Gasteiger partial charge in [-0.1, -0.05) is 19.1 Å². The second-order valence-corrected chi connectivity index (χ2v) is 5.00. The van der Waals surface area contributed by atoms with E-state index in [2.05, 4.69) is 16.5 Å². The lowest BCUT2D eigenvalue weighted by Crippen LogP contribution is -2.35. The van der Waals surface area contributed by atoms with Gasteiger partial charge in [0.05, 0.1) is 29.9 Å². The minimum atomic E-state index is -0.223. The number of para-hydroxylation sites is 1. The molecule has 2 aromatic rings. The van der Waals surface area contributed by atoms with Gasteiger partial charge in [0.25, 0.3) is 0 Å². The Morgan fingerprint density at radius 1 is 1.33 bits per heavy atom. The third kappa shape index (κ3) is 3.24. The lowest BCUT2D eigenvalue weighted by atomic mass is 10.1. The zero-order valence-electron chi connectivity index (χ0n) is 12.7. The molecule has 0 radical (unpaired) electrons. The van der Waals surface area contributed by atoms with E-state index in [1.54, 1.807) is 12.1 Å². The molecule has 21 heavy (non-hydrogen) atoms. The van der Waals surface area contributed by atoms with Crippen LogP contribution in [0.2, 0.25) is 0 Å². The van der Waals surface area contributed by atoms with E-state index in [4.69, 9.17) is 5.73 Å². The number of likely N-dealkylation sites (N-methyl/N-ethyl adjacent to an activating group) is 1. The van der Waals surface area contributed by atoms with Crippen LogP contribution in [0, 0.1) is 5.82 Å². The Morgan fingerprint density at radius 2 is 2.10 bits per heavy atom. The lowest BCUT2D eigenvalue weighted by Gasteiger charge is -2.32. The minimum Gasteiger partial charge on any atom is -0.360 e. The van der Waals surface area contributed by atoms with Gasteiger partial charge in [-0.15, -0.1) is 0 Å². The first-order valence-corrected chi connectivity index (χ1v) is 7.44. The van der Waals surface area contributed by atoms with E-state index < -0.39 is 0 Å². The molecule has 0 aliphatic heterocycles. The van der Waals surface area contributed by atoms with Crippen molar-refractivity contribution in [2.45, 2.75) is 32.9 Å². The van der Waals surface area contributed by atoms with Gasteiger partial charge >= 0.3 is 0 Å². The highest BCUT2D eigenvalue weighted by atomic mass is 19.1. The fourth-order valence-corrected chi connectivity index (χ4v) is 2.69. The van der Waals surface area contributed by atoms with Gasteiger partial charge in [-0.2, -0.15) is 0 Å². The van der Waals surface area contributed by atoms with Crippen LogP contribution in [0.1, 0.15) is 32.0 Å². The number of anilines is 1. The third-order valence-electron chi connectivity index (χ3n) is 3.65. The number of aromatic nitrogens is 2. The smallest absolute Gasteiger partial charge is 0.146 e. The highest BCUT2D eigenvalue weighted by Crippen LogP contribution is 2.28. The number of imidazole rings is 1. The Morgan fingerprint density at radius 3 is 2.71 bits per heavy atom. The zero-order chi connectivity index (χ0) is 15.2. The molecule has 1 aromatic carbocycles. The maximum atomic E-state index is 14.1. The molecule has 0 spiro atoms. The summed E-state index contributed by atoms with van der Waals surface area (Å²) in [5, 5.41) is 0. The summed E-state index contributed by atoms with van der Waals surface area (Å²) in [4.78, 5) is 6.23. The molecule has 0 saturated heterocycles. The fraction of sp³-hybridized carbons (Fsp3) is 0.438. The molecule has 0 amide bonds. The van der Waals surface area contributed by atoms with Crippen LogP contribution in [0.4, 0.5) is 10.1 Å². The van der Waals surface area contributed by atoms with Gasteiger partial charge < -0.3 is 15.2 Å². The average molecular weight is 290 g/mol. The normalized spacial score (nSPS) is 12.4. The fourth-order valence-electron chi connectivity index (χ4n) is 2.69. The van der Waals surface area contributed by atoms with Gasteiger partial charge in [0, 0.05) is 19.6 Å². The van der Waals surface area contributed by atoms with Gasteiger partial charge in [0.15, 0.2) is 0 Å². The van der Waals surface area contributed by atoms with Gasteiger partial charge in [0.2, 0.25) is 0 Å². The maximum Gasteiger partial charge on any atom is 0.146 e. The van der Waals surface area contributed by atoms with Crippen molar-refractivity contribution in [3.05, 3.63) is 48.3 Å². The summed E-state index contributed by atoms with van der Waals surface area (Å²) < 4.78 is 16.2. The Labute approximate surface area is 125 Å². The number of aryl methyl sites for hydroxylation is 1. The summed E-state index contributed by atoms with van der Waals surface area (Å²) in [5.74, 6) is -0.223. The Balaban J connectivity index is 2.38. The van der Waals surface area contributed by atoms with E-state index in [9.17, 15) is 4.39 Å². The Hall–Kier alpha value is -1.88. The summed E-state index contributed by atoms with van der Waals surface area (Å²) in [6, 6.07) is 6.74. The van der Waals surface area contributed by atoms with Crippen LogP contribution < -0.4 is 10.6 Å². The van der Waals surface area contributed by atoms with Gasteiger partial charge in [-0.25, -0.2) is 9.37 Å². The van der Waals surface area contributed by atoms with Crippen LogP contribution in [0.3, 0.4) is 0 Å². The van der Waals surface area contributed by atoms with Gasteiger partial charge in [0.1, 0.15) is 5.82 Å². The van der Waals surface area contributed by atoms with Crippen LogP contribution in [-0.4, -0.2) is 22.6 Å². The standard InChI is InChI=1S/C16H23FN4/c1-3-9-20-12-19-11-16(20)15(10-18)21(4-2)14-8-6-5-7-13(14)17/h5-8,11-12,15H,3-4,9-10,18H2,1-2H3. The van der Waals surface area contributed by atoms with E-state index >= 15 is 0 Å². The van der Waals surface area contributed by atoms with Crippen molar-refractivity contribution in [2.75, 3.05) is 18.0 Å². The summed E-state index contributed by atoms with van der Waals surface area (Å²) in [5.41, 5.74) is 7.60. The first kappa shape index (κ1) is 15.5. The van der Waals surface area contributed by atoms with Crippen LogP contribution in [0.15, 0.2) is 36.8 Å². The number of nitrogens with zero attached hydrogens (tertiary/aromatic N) is 3. The molecule has 0 fully saturated rings. The first-order chi connectivity index (χ1) is 10.2. The SMILES string of the molecule is CCCn1cncc1C(CN)N(CC)c1ccccc1F. The molecule has 0 saturated carbocycles. The van der Waals surface area contributed by atoms with Crippen LogP contribution in [0.5, 0.6) is 0 Å². The quantitative estimate of drug-likeness (QED) is 0.853. The topological polar surface area (TPSA) is 47.1 Å². The zero-order valence-corrected chi connectivity index (χ0v) is 12.7. The second-order valence-electron chi connectivity index (χ2n) is 5.00. The number of nitrogens with two attached hydrogens (primary N) is 1. The highest BCUT2D eigenvalue weighted by molar-refractivity contribution is 5.49. The summed E-state index contributed by atoms with van der Waals surface area (Å²) in [6.45, 7) is 6.11. The van der Waals surface area contributed by atoms with E-state index in [0.29, 0.717) is 18.8 Å². The predicted octanol–water partition coefficient (Wildman–Crippen LogP) is 2.96. The molecular formula is C16H23FN4. The van der Waals surface area contributed by atoms with Crippen molar-refractivity contribution in [1.82, 2.24) is 9.55 Å². The molecule has 0 aliphatic rings. The molecule has 1 unspecified atom stereocenters. The molecule has 5 heteroatoms. The van der Waals surface area contributed by atoms with E-state index in [1.165, 1.54) is 6.07 Å².